The summed E-state index contributed by atoms with van der Waals surface area (Å²) in [6, 6.07) is 5.26. The molecule has 2 rings (SSSR count). The van der Waals surface area contributed by atoms with Gasteiger partial charge in [-0.15, -0.1) is 0 Å². The normalized spacial score (nSPS) is 16.3. The standard InChI is InChI=1S/C16H23NO2/c1-12-7-8-14(16(18)19)11-15(12)17-10-9-13-5-3-2-4-6-13/h7-8,11,13,17H,2-6,9-10H2,1H3,(H,18,19). The van der Waals surface area contributed by atoms with Crippen molar-refractivity contribution in [1.29, 1.82) is 0 Å². The third-order valence-electron chi connectivity index (χ3n) is 4.08. The van der Waals surface area contributed by atoms with Crippen LogP contribution in [0.1, 0.15) is 54.4 Å². The molecular weight excluding hydrogens is 238 g/mol. The Morgan fingerprint density at radius 2 is 2.05 bits per heavy atom. The van der Waals surface area contributed by atoms with Crippen LogP contribution in [0.15, 0.2) is 18.2 Å². The number of hydrogen-bond donors (Lipinski definition) is 2. The Hall–Kier alpha value is -1.51. The van der Waals surface area contributed by atoms with Crippen LogP contribution in [-0.4, -0.2) is 17.6 Å². The fraction of sp³-hybridized carbons (Fsp3) is 0.562. The topological polar surface area (TPSA) is 49.3 Å². The summed E-state index contributed by atoms with van der Waals surface area (Å²) in [4.78, 5) is 11.0. The maximum atomic E-state index is 11.0. The van der Waals surface area contributed by atoms with Crippen LogP contribution in [0.25, 0.3) is 0 Å². The van der Waals surface area contributed by atoms with Crippen LogP contribution in [-0.2, 0) is 0 Å². The van der Waals surface area contributed by atoms with E-state index in [2.05, 4.69) is 5.32 Å². The molecule has 0 atom stereocenters. The monoisotopic (exact) mass is 261 g/mol. The van der Waals surface area contributed by atoms with Gasteiger partial charge < -0.3 is 10.4 Å². The van der Waals surface area contributed by atoms with Crippen LogP contribution in [0.3, 0.4) is 0 Å². The predicted molar refractivity (Wildman–Crippen MR) is 77.8 cm³/mol. The van der Waals surface area contributed by atoms with Gasteiger partial charge in [0.05, 0.1) is 5.56 Å². The molecule has 3 heteroatoms. The molecule has 0 aromatic heterocycles. The fourth-order valence-corrected chi connectivity index (χ4v) is 2.83. The van der Waals surface area contributed by atoms with Crippen molar-refractivity contribution in [3.63, 3.8) is 0 Å². The van der Waals surface area contributed by atoms with E-state index in [4.69, 9.17) is 5.11 Å². The van der Waals surface area contributed by atoms with E-state index in [1.807, 2.05) is 13.0 Å². The van der Waals surface area contributed by atoms with Crippen molar-refractivity contribution in [3.8, 4) is 0 Å². The molecule has 1 fully saturated rings. The lowest BCUT2D eigenvalue weighted by Gasteiger charge is -2.22. The number of carboxylic acids is 1. The summed E-state index contributed by atoms with van der Waals surface area (Å²) < 4.78 is 0. The van der Waals surface area contributed by atoms with Crippen molar-refractivity contribution in [2.45, 2.75) is 45.4 Å². The van der Waals surface area contributed by atoms with Gasteiger partial charge in [-0.1, -0.05) is 38.2 Å². The van der Waals surface area contributed by atoms with Crippen molar-refractivity contribution < 1.29 is 9.90 Å². The van der Waals surface area contributed by atoms with E-state index in [-0.39, 0.29) is 0 Å². The Morgan fingerprint density at radius 3 is 2.74 bits per heavy atom. The molecular formula is C16H23NO2. The van der Waals surface area contributed by atoms with Crippen LogP contribution in [0, 0.1) is 12.8 Å². The van der Waals surface area contributed by atoms with E-state index in [0.717, 1.165) is 23.7 Å². The van der Waals surface area contributed by atoms with E-state index in [1.165, 1.54) is 38.5 Å². The SMILES string of the molecule is Cc1ccc(C(=O)O)cc1NCCC1CCCCC1. The summed E-state index contributed by atoms with van der Waals surface area (Å²) in [7, 11) is 0. The molecule has 1 saturated carbocycles. The lowest BCUT2D eigenvalue weighted by atomic mass is 9.87. The van der Waals surface area contributed by atoms with Crippen molar-refractivity contribution in [2.24, 2.45) is 5.92 Å². The van der Waals surface area contributed by atoms with E-state index in [9.17, 15) is 4.79 Å². The first-order valence-corrected chi connectivity index (χ1v) is 7.24. The number of carboxylic acid groups (broad SMARTS) is 1. The van der Waals surface area contributed by atoms with E-state index in [1.54, 1.807) is 12.1 Å². The fourth-order valence-electron chi connectivity index (χ4n) is 2.83. The largest absolute Gasteiger partial charge is 0.478 e. The minimum absolute atomic E-state index is 0.353. The van der Waals surface area contributed by atoms with Gasteiger partial charge >= 0.3 is 5.97 Å². The number of nitrogens with one attached hydrogen (secondary N) is 1. The zero-order chi connectivity index (χ0) is 13.7. The van der Waals surface area contributed by atoms with Crippen molar-refractivity contribution in [2.75, 3.05) is 11.9 Å². The van der Waals surface area contributed by atoms with E-state index in [0.29, 0.717) is 5.56 Å². The average molecular weight is 261 g/mol. The number of aromatic carboxylic acids is 1. The quantitative estimate of drug-likeness (QED) is 0.839. The predicted octanol–water partition coefficient (Wildman–Crippen LogP) is 4.08. The van der Waals surface area contributed by atoms with E-state index >= 15 is 0 Å². The number of hydrogen-bond acceptors (Lipinski definition) is 2. The zero-order valence-corrected chi connectivity index (χ0v) is 11.6. The van der Waals surface area contributed by atoms with Gasteiger partial charge in [-0.25, -0.2) is 4.79 Å². The van der Waals surface area contributed by atoms with Crippen LogP contribution in [0.5, 0.6) is 0 Å². The van der Waals surface area contributed by atoms with Crippen LogP contribution < -0.4 is 5.32 Å². The van der Waals surface area contributed by atoms with Gasteiger partial charge in [-0.2, -0.15) is 0 Å². The smallest absolute Gasteiger partial charge is 0.335 e. The highest BCUT2D eigenvalue weighted by Gasteiger charge is 2.13. The van der Waals surface area contributed by atoms with Crippen LogP contribution in [0.2, 0.25) is 0 Å². The molecule has 1 aliphatic rings. The third kappa shape index (κ3) is 3.98. The van der Waals surface area contributed by atoms with Crippen molar-refractivity contribution in [1.82, 2.24) is 0 Å². The van der Waals surface area contributed by atoms with Crippen molar-refractivity contribution >= 4 is 11.7 Å². The summed E-state index contributed by atoms with van der Waals surface area (Å²) in [5.74, 6) is -0.0143. The summed E-state index contributed by atoms with van der Waals surface area (Å²) in [6.07, 6.45) is 8.04. The molecule has 19 heavy (non-hydrogen) atoms. The Kier molecular flexibility index (Phi) is 4.83. The third-order valence-corrected chi connectivity index (χ3v) is 4.08. The molecule has 0 unspecified atom stereocenters. The molecule has 0 saturated heterocycles. The molecule has 104 valence electrons. The van der Waals surface area contributed by atoms with Gasteiger partial charge in [0.1, 0.15) is 0 Å². The Labute approximate surface area is 115 Å². The average Bonchev–Trinajstić information content (AvgIpc) is 2.42. The summed E-state index contributed by atoms with van der Waals surface area (Å²) in [5, 5.41) is 12.4. The second-order valence-corrected chi connectivity index (χ2v) is 5.55. The molecule has 1 aromatic rings. The summed E-state index contributed by atoms with van der Waals surface area (Å²) >= 11 is 0. The second-order valence-electron chi connectivity index (χ2n) is 5.55. The van der Waals surface area contributed by atoms with Crippen LogP contribution >= 0.6 is 0 Å². The first kappa shape index (κ1) is 13.9. The minimum Gasteiger partial charge on any atom is -0.478 e. The Balaban J connectivity index is 1.87. The molecule has 0 radical (unpaired) electrons. The van der Waals surface area contributed by atoms with Gasteiger partial charge in [-0.05, 0) is 37.0 Å². The van der Waals surface area contributed by atoms with Crippen molar-refractivity contribution in [3.05, 3.63) is 29.3 Å². The van der Waals surface area contributed by atoms with Gasteiger partial charge in [0.25, 0.3) is 0 Å². The number of rotatable bonds is 5. The maximum absolute atomic E-state index is 11.0. The lowest BCUT2D eigenvalue weighted by Crippen LogP contribution is -2.13. The maximum Gasteiger partial charge on any atom is 0.335 e. The molecule has 1 aromatic carbocycles. The van der Waals surface area contributed by atoms with Gasteiger partial charge in [0.15, 0.2) is 0 Å². The molecule has 2 N–H and O–H groups in total. The van der Waals surface area contributed by atoms with Gasteiger partial charge in [-0.3, -0.25) is 0 Å². The highest BCUT2D eigenvalue weighted by Crippen LogP contribution is 2.26. The first-order valence-electron chi connectivity index (χ1n) is 7.24. The Bertz CT molecular complexity index is 436. The number of anilines is 1. The molecule has 0 aliphatic heterocycles. The number of aryl methyl sites for hydroxylation is 1. The molecule has 0 spiro atoms. The Morgan fingerprint density at radius 1 is 1.32 bits per heavy atom. The molecule has 3 nitrogen and oxygen atoms in total. The molecule has 0 heterocycles. The molecule has 1 aliphatic carbocycles. The highest BCUT2D eigenvalue weighted by molar-refractivity contribution is 5.89. The van der Waals surface area contributed by atoms with Gasteiger partial charge in [0, 0.05) is 12.2 Å². The zero-order valence-electron chi connectivity index (χ0n) is 11.6. The molecule has 0 bridgehead atoms. The molecule has 0 amide bonds. The minimum atomic E-state index is -0.865. The first-order chi connectivity index (χ1) is 9.16. The number of carbonyl (C=O) groups is 1. The lowest BCUT2D eigenvalue weighted by molar-refractivity contribution is 0.0697. The number of benzene rings is 1. The summed E-state index contributed by atoms with van der Waals surface area (Å²) in [6.45, 7) is 2.95. The van der Waals surface area contributed by atoms with Crippen LogP contribution in [0.4, 0.5) is 5.69 Å². The van der Waals surface area contributed by atoms with E-state index < -0.39 is 5.97 Å². The van der Waals surface area contributed by atoms with Gasteiger partial charge in [0.2, 0.25) is 0 Å². The highest BCUT2D eigenvalue weighted by atomic mass is 16.4. The second kappa shape index (κ2) is 6.60. The summed E-state index contributed by atoms with van der Waals surface area (Å²) in [5.41, 5.74) is 2.41.